The summed E-state index contributed by atoms with van der Waals surface area (Å²) in [7, 11) is 1.71. The average molecular weight is 169 g/mol. The molecule has 12 heavy (non-hydrogen) atoms. The second-order valence-corrected chi connectivity index (χ2v) is 3.72. The van der Waals surface area contributed by atoms with Crippen molar-refractivity contribution in [1.82, 2.24) is 5.32 Å². The van der Waals surface area contributed by atoms with Gasteiger partial charge in [0.1, 0.15) is 0 Å². The third kappa shape index (κ3) is 3.24. The zero-order chi connectivity index (χ0) is 8.81. The van der Waals surface area contributed by atoms with Crippen LogP contribution in [-0.4, -0.2) is 13.0 Å². The van der Waals surface area contributed by atoms with Gasteiger partial charge in [0.2, 0.25) is 5.91 Å². The average Bonchev–Trinajstić information content (AvgIpc) is 2.16. The number of rotatable bonds is 3. The molecule has 0 aliphatic heterocycles. The summed E-state index contributed by atoms with van der Waals surface area (Å²) in [6, 6.07) is 0. The van der Waals surface area contributed by atoms with Gasteiger partial charge in [0.15, 0.2) is 0 Å². The highest BCUT2D eigenvalue weighted by atomic mass is 16.1. The Morgan fingerprint density at radius 2 is 2.00 bits per heavy atom. The minimum absolute atomic E-state index is 0.195. The van der Waals surface area contributed by atoms with E-state index in [9.17, 15) is 4.79 Å². The van der Waals surface area contributed by atoms with Crippen LogP contribution in [0.2, 0.25) is 0 Å². The number of amides is 1. The van der Waals surface area contributed by atoms with Gasteiger partial charge in [-0.1, -0.05) is 32.1 Å². The molecular weight excluding hydrogens is 150 g/mol. The molecule has 1 fully saturated rings. The number of carbonyl (C=O) groups excluding carboxylic acids is 1. The molecule has 0 heterocycles. The van der Waals surface area contributed by atoms with Crippen LogP contribution in [0.15, 0.2) is 0 Å². The van der Waals surface area contributed by atoms with Crippen LogP contribution in [-0.2, 0) is 4.79 Å². The Bertz CT molecular complexity index is 139. The molecular formula is C10H19NO. The van der Waals surface area contributed by atoms with E-state index < -0.39 is 0 Å². The van der Waals surface area contributed by atoms with E-state index in [0.29, 0.717) is 0 Å². The Kier molecular flexibility index (Phi) is 4.12. The molecule has 2 nitrogen and oxygen atoms in total. The highest BCUT2D eigenvalue weighted by Crippen LogP contribution is 2.26. The Labute approximate surface area is 74.7 Å². The van der Waals surface area contributed by atoms with Gasteiger partial charge in [-0.25, -0.2) is 0 Å². The Balaban J connectivity index is 2.09. The molecule has 0 bridgehead atoms. The predicted molar refractivity (Wildman–Crippen MR) is 49.9 cm³/mol. The highest BCUT2D eigenvalue weighted by Gasteiger charge is 2.13. The molecule has 1 rings (SSSR count). The summed E-state index contributed by atoms with van der Waals surface area (Å²) < 4.78 is 0. The van der Waals surface area contributed by atoms with Crippen molar-refractivity contribution in [3.63, 3.8) is 0 Å². The molecule has 0 aromatic rings. The van der Waals surface area contributed by atoms with Gasteiger partial charge >= 0.3 is 0 Å². The molecule has 70 valence electrons. The molecule has 1 N–H and O–H groups in total. The molecule has 0 atom stereocenters. The molecule has 1 amide bonds. The molecule has 1 aliphatic carbocycles. The van der Waals surface area contributed by atoms with Crippen LogP contribution in [0.25, 0.3) is 0 Å². The lowest BCUT2D eigenvalue weighted by molar-refractivity contribution is -0.120. The van der Waals surface area contributed by atoms with Gasteiger partial charge in [0.25, 0.3) is 0 Å². The fourth-order valence-corrected chi connectivity index (χ4v) is 1.94. The van der Waals surface area contributed by atoms with Crippen LogP contribution in [0.1, 0.15) is 44.9 Å². The number of carbonyl (C=O) groups is 1. The summed E-state index contributed by atoms with van der Waals surface area (Å²) in [4.78, 5) is 10.9. The maximum Gasteiger partial charge on any atom is 0.219 e. The quantitative estimate of drug-likeness (QED) is 0.688. The molecule has 0 radical (unpaired) electrons. The molecule has 1 aliphatic rings. The van der Waals surface area contributed by atoms with E-state index in [1.165, 1.54) is 32.1 Å². The lowest BCUT2D eigenvalue weighted by Gasteiger charge is -2.20. The number of nitrogens with one attached hydrogen (secondary N) is 1. The van der Waals surface area contributed by atoms with Crippen molar-refractivity contribution >= 4 is 5.91 Å². The zero-order valence-electron chi connectivity index (χ0n) is 7.94. The minimum atomic E-state index is 0.195. The van der Waals surface area contributed by atoms with E-state index >= 15 is 0 Å². The first kappa shape index (κ1) is 9.56. The summed E-state index contributed by atoms with van der Waals surface area (Å²) in [6.45, 7) is 0. The Morgan fingerprint density at radius 3 is 2.58 bits per heavy atom. The maximum absolute atomic E-state index is 10.9. The van der Waals surface area contributed by atoms with Crippen molar-refractivity contribution in [2.45, 2.75) is 44.9 Å². The summed E-state index contributed by atoms with van der Waals surface area (Å²) in [5, 5.41) is 2.67. The predicted octanol–water partition coefficient (Wildman–Crippen LogP) is 2.09. The summed E-state index contributed by atoms with van der Waals surface area (Å²) in [5.74, 6) is 1.02. The lowest BCUT2D eigenvalue weighted by atomic mass is 9.86. The molecule has 0 spiro atoms. The maximum atomic E-state index is 10.9. The molecule has 0 saturated heterocycles. The van der Waals surface area contributed by atoms with Crippen molar-refractivity contribution < 1.29 is 4.79 Å². The van der Waals surface area contributed by atoms with E-state index in [-0.39, 0.29) is 5.91 Å². The first-order valence-corrected chi connectivity index (χ1v) is 5.03. The van der Waals surface area contributed by atoms with E-state index in [1.54, 1.807) is 7.05 Å². The van der Waals surface area contributed by atoms with E-state index in [4.69, 9.17) is 0 Å². The minimum Gasteiger partial charge on any atom is -0.359 e. The van der Waals surface area contributed by atoms with Crippen molar-refractivity contribution in [2.75, 3.05) is 7.05 Å². The summed E-state index contributed by atoms with van der Waals surface area (Å²) in [5.41, 5.74) is 0. The fraction of sp³-hybridized carbons (Fsp3) is 0.900. The van der Waals surface area contributed by atoms with E-state index in [2.05, 4.69) is 5.32 Å². The van der Waals surface area contributed by atoms with Crippen molar-refractivity contribution in [3.05, 3.63) is 0 Å². The molecule has 0 unspecified atom stereocenters. The molecule has 0 aromatic carbocycles. The van der Waals surface area contributed by atoms with E-state index in [1.807, 2.05) is 0 Å². The largest absolute Gasteiger partial charge is 0.359 e. The number of hydrogen-bond acceptors (Lipinski definition) is 1. The summed E-state index contributed by atoms with van der Waals surface area (Å²) >= 11 is 0. The fourth-order valence-electron chi connectivity index (χ4n) is 1.94. The first-order valence-electron chi connectivity index (χ1n) is 5.03. The van der Waals surface area contributed by atoms with Crippen LogP contribution in [0, 0.1) is 5.92 Å². The third-order valence-corrected chi connectivity index (χ3v) is 2.78. The van der Waals surface area contributed by atoms with Crippen LogP contribution in [0.5, 0.6) is 0 Å². The van der Waals surface area contributed by atoms with Gasteiger partial charge in [0, 0.05) is 13.5 Å². The van der Waals surface area contributed by atoms with Gasteiger partial charge in [-0.05, 0) is 12.3 Å². The topological polar surface area (TPSA) is 29.1 Å². The standard InChI is InChI=1S/C10H19NO/c1-11-10(12)8-7-9-5-3-2-4-6-9/h9H,2-8H2,1H3,(H,11,12). The monoisotopic (exact) mass is 169 g/mol. The van der Waals surface area contributed by atoms with Crippen LogP contribution in [0.4, 0.5) is 0 Å². The van der Waals surface area contributed by atoms with Crippen molar-refractivity contribution in [1.29, 1.82) is 0 Å². The molecule has 0 aromatic heterocycles. The van der Waals surface area contributed by atoms with E-state index in [0.717, 1.165) is 18.8 Å². The Hall–Kier alpha value is -0.530. The van der Waals surface area contributed by atoms with Gasteiger partial charge in [0.05, 0.1) is 0 Å². The van der Waals surface area contributed by atoms with Crippen LogP contribution < -0.4 is 5.32 Å². The SMILES string of the molecule is CNC(=O)CCC1CCCCC1. The van der Waals surface area contributed by atoms with Crippen LogP contribution >= 0.6 is 0 Å². The Morgan fingerprint density at radius 1 is 1.33 bits per heavy atom. The normalized spacial score (nSPS) is 19.1. The smallest absolute Gasteiger partial charge is 0.219 e. The van der Waals surface area contributed by atoms with Gasteiger partial charge in [-0.15, -0.1) is 0 Å². The van der Waals surface area contributed by atoms with Gasteiger partial charge in [-0.3, -0.25) is 4.79 Å². The lowest BCUT2D eigenvalue weighted by Crippen LogP contribution is -2.19. The second-order valence-electron chi connectivity index (χ2n) is 3.72. The first-order chi connectivity index (χ1) is 5.83. The second kappa shape index (κ2) is 5.18. The van der Waals surface area contributed by atoms with Crippen molar-refractivity contribution in [2.24, 2.45) is 5.92 Å². The van der Waals surface area contributed by atoms with Gasteiger partial charge < -0.3 is 5.32 Å². The van der Waals surface area contributed by atoms with Gasteiger partial charge in [-0.2, -0.15) is 0 Å². The molecule has 1 saturated carbocycles. The molecule has 2 heteroatoms. The number of hydrogen-bond donors (Lipinski definition) is 1. The third-order valence-electron chi connectivity index (χ3n) is 2.78. The highest BCUT2D eigenvalue weighted by molar-refractivity contribution is 5.75. The van der Waals surface area contributed by atoms with Crippen molar-refractivity contribution in [3.8, 4) is 0 Å². The zero-order valence-corrected chi connectivity index (χ0v) is 7.94. The summed E-state index contributed by atoms with van der Waals surface area (Å²) in [6.07, 6.45) is 8.65. The van der Waals surface area contributed by atoms with Crippen LogP contribution in [0.3, 0.4) is 0 Å².